The molecule has 4 nitrogen and oxygen atoms in total. The number of hydrogen-bond acceptors (Lipinski definition) is 3. The van der Waals surface area contributed by atoms with Crippen molar-refractivity contribution in [3.63, 3.8) is 0 Å². The SMILES string of the molecule is CCCCCCCCCCCc1ccc(OC(C)CCOC(=O)CCC[N+](C)(C)Cc2ccccc2)cc1. The summed E-state index contributed by atoms with van der Waals surface area (Å²) in [7, 11) is 4.42. The maximum Gasteiger partial charge on any atom is 0.306 e. The zero-order chi connectivity index (χ0) is 27.5. The number of benzene rings is 2. The Morgan fingerprint density at radius 1 is 0.789 bits per heavy atom. The lowest BCUT2D eigenvalue weighted by Crippen LogP contribution is -2.39. The van der Waals surface area contributed by atoms with Crippen LogP contribution in [0.25, 0.3) is 0 Å². The van der Waals surface area contributed by atoms with Crippen molar-refractivity contribution in [2.75, 3.05) is 27.2 Å². The van der Waals surface area contributed by atoms with Gasteiger partial charge in [0.25, 0.3) is 0 Å². The summed E-state index contributed by atoms with van der Waals surface area (Å²) >= 11 is 0. The van der Waals surface area contributed by atoms with Gasteiger partial charge in [-0.15, -0.1) is 0 Å². The van der Waals surface area contributed by atoms with Crippen molar-refractivity contribution in [2.45, 2.75) is 110 Å². The second-order valence-corrected chi connectivity index (χ2v) is 11.6. The van der Waals surface area contributed by atoms with Gasteiger partial charge in [0, 0.05) is 18.4 Å². The molecule has 0 aliphatic rings. The molecule has 0 saturated heterocycles. The second-order valence-electron chi connectivity index (χ2n) is 11.6. The van der Waals surface area contributed by atoms with Gasteiger partial charge in [0.05, 0.1) is 39.8 Å². The zero-order valence-corrected chi connectivity index (χ0v) is 24.8. The highest BCUT2D eigenvalue weighted by atomic mass is 16.5. The van der Waals surface area contributed by atoms with Gasteiger partial charge in [0.1, 0.15) is 12.3 Å². The molecule has 4 heteroatoms. The summed E-state index contributed by atoms with van der Waals surface area (Å²) in [6.07, 6.45) is 15.4. The number of esters is 1. The Bertz CT molecular complexity index is 863. The van der Waals surface area contributed by atoms with Gasteiger partial charge in [0.2, 0.25) is 0 Å². The minimum Gasteiger partial charge on any atom is -0.491 e. The number of quaternary nitrogens is 1. The van der Waals surface area contributed by atoms with Crippen molar-refractivity contribution in [3.05, 3.63) is 65.7 Å². The Hall–Kier alpha value is -2.33. The first-order valence-corrected chi connectivity index (χ1v) is 15.1. The molecule has 1 atom stereocenters. The Balaban J connectivity index is 1.51. The number of hydrogen-bond donors (Lipinski definition) is 0. The van der Waals surface area contributed by atoms with Crippen LogP contribution >= 0.6 is 0 Å². The van der Waals surface area contributed by atoms with Gasteiger partial charge in [-0.1, -0.05) is 101 Å². The van der Waals surface area contributed by atoms with E-state index in [4.69, 9.17) is 9.47 Å². The molecule has 0 amide bonds. The molecule has 0 aromatic heterocycles. The summed E-state index contributed by atoms with van der Waals surface area (Å²) in [5.74, 6) is 0.774. The zero-order valence-electron chi connectivity index (χ0n) is 24.8. The third-order valence-corrected chi connectivity index (χ3v) is 7.21. The van der Waals surface area contributed by atoms with Crippen LogP contribution in [0.2, 0.25) is 0 Å². The highest BCUT2D eigenvalue weighted by Crippen LogP contribution is 2.18. The highest BCUT2D eigenvalue weighted by molar-refractivity contribution is 5.69. The topological polar surface area (TPSA) is 35.5 Å². The Kier molecular flexibility index (Phi) is 15.8. The maximum absolute atomic E-state index is 12.2. The number of carbonyl (C=O) groups is 1. The molecule has 2 aromatic carbocycles. The summed E-state index contributed by atoms with van der Waals surface area (Å²) in [4.78, 5) is 12.2. The lowest BCUT2D eigenvalue weighted by Gasteiger charge is -2.29. The lowest BCUT2D eigenvalue weighted by molar-refractivity contribution is -0.903. The largest absolute Gasteiger partial charge is 0.491 e. The fourth-order valence-corrected chi connectivity index (χ4v) is 4.88. The molecule has 0 spiro atoms. The second kappa shape index (κ2) is 18.8. The van der Waals surface area contributed by atoms with Crippen LogP contribution in [0, 0.1) is 0 Å². The van der Waals surface area contributed by atoms with Gasteiger partial charge in [-0.05, 0) is 37.5 Å². The van der Waals surface area contributed by atoms with Crippen molar-refractivity contribution in [1.82, 2.24) is 0 Å². The maximum atomic E-state index is 12.2. The van der Waals surface area contributed by atoms with Gasteiger partial charge in [-0.3, -0.25) is 4.79 Å². The molecule has 0 bridgehead atoms. The predicted octanol–water partition coefficient (Wildman–Crippen LogP) is 8.52. The van der Waals surface area contributed by atoms with E-state index in [1.807, 2.05) is 13.0 Å². The molecule has 2 aromatic rings. The first-order valence-electron chi connectivity index (χ1n) is 15.1. The quantitative estimate of drug-likeness (QED) is 0.0932. The number of ether oxygens (including phenoxy) is 2. The lowest BCUT2D eigenvalue weighted by atomic mass is 10.0. The number of aryl methyl sites for hydroxylation is 1. The van der Waals surface area contributed by atoms with E-state index in [1.165, 1.54) is 68.9 Å². The van der Waals surface area contributed by atoms with E-state index in [2.05, 4.69) is 69.6 Å². The number of unbranched alkanes of at least 4 members (excludes halogenated alkanes) is 8. The molecule has 0 heterocycles. The first kappa shape index (κ1) is 31.9. The molecule has 0 radical (unpaired) electrons. The molecule has 0 saturated carbocycles. The van der Waals surface area contributed by atoms with Gasteiger partial charge in [-0.25, -0.2) is 0 Å². The molecule has 0 fully saturated rings. The van der Waals surface area contributed by atoms with Gasteiger partial charge >= 0.3 is 5.97 Å². The average molecular weight is 525 g/mol. The molecule has 212 valence electrons. The summed E-state index contributed by atoms with van der Waals surface area (Å²) in [6, 6.07) is 19.0. The molecule has 38 heavy (non-hydrogen) atoms. The van der Waals surface area contributed by atoms with Crippen LogP contribution in [0.4, 0.5) is 0 Å². The first-order chi connectivity index (χ1) is 18.4. The standard InChI is InChI=1S/C34H54NO3/c1-5-6-7-8-9-10-11-12-14-18-31-22-24-33(25-23-31)38-30(2)26-28-37-34(36)21-17-27-35(3,4)29-32-19-15-13-16-20-32/h13,15-16,19-20,22-25,30H,5-12,14,17-18,21,26-29H2,1-4H3/q+1. The Labute approximate surface area is 233 Å². The highest BCUT2D eigenvalue weighted by Gasteiger charge is 2.17. The van der Waals surface area contributed by atoms with Crippen LogP contribution in [0.1, 0.15) is 102 Å². The van der Waals surface area contributed by atoms with E-state index >= 15 is 0 Å². The predicted molar refractivity (Wildman–Crippen MR) is 159 cm³/mol. The van der Waals surface area contributed by atoms with E-state index in [0.29, 0.717) is 19.4 Å². The fraction of sp³-hybridized carbons (Fsp3) is 0.618. The summed E-state index contributed by atoms with van der Waals surface area (Å²) in [6.45, 7) is 6.62. The number of nitrogens with zero attached hydrogens (tertiary/aromatic N) is 1. The minimum absolute atomic E-state index is 0.00690. The van der Waals surface area contributed by atoms with Crippen molar-refractivity contribution >= 4 is 5.97 Å². The molecule has 0 aliphatic heterocycles. The normalized spacial score (nSPS) is 12.3. The van der Waals surface area contributed by atoms with Crippen molar-refractivity contribution < 1.29 is 18.8 Å². The van der Waals surface area contributed by atoms with E-state index in [0.717, 1.165) is 36.2 Å². The van der Waals surface area contributed by atoms with E-state index in [-0.39, 0.29) is 12.1 Å². The number of rotatable bonds is 21. The molecular formula is C34H54NO3+. The molecule has 0 N–H and O–H groups in total. The summed E-state index contributed by atoms with van der Waals surface area (Å²) in [5.41, 5.74) is 2.70. The van der Waals surface area contributed by atoms with Crippen molar-refractivity contribution in [1.29, 1.82) is 0 Å². The van der Waals surface area contributed by atoms with E-state index in [9.17, 15) is 4.79 Å². The Morgan fingerprint density at radius 2 is 1.42 bits per heavy atom. The van der Waals surface area contributed by atoms with Crippen LogP contribution < -0.4 is 4.74 Å². The molecule has 2 rings (SSSR count). The summed E-state index contributed by atoms with van der Waals surface area (Å²) < 4.78 is 12.4. The molecule has 1 unspecified atom stereocenters. The smallest absolute Gasteiger partial charge is 0.306 e. The summed E-state index contributed by atoms with van der Waals surface area (Å²) in [5, 5.41) is 0. The Morgan fingerprint density at radius 3 is 2.08 bits per heavy atom. The minimum atomic E-state index is -0.113. The number of carbonyl (C=O) groups excluding carboxylic acids is 1. The average Bonchev–Trinajstić information content (AvgIpc) is 2.89. The van der Waals surface area contributed by atoms with Gasteiger partial charge in [0.15, 0.2) is 0 Å². The molecular weight excluding hydrogens is 470 g/mol. The van der Waals surface area contributed by atoms with Crippen LogP contribution in [-0.4, -0.2) is 43.8 Å². The monoisotopic (exact) mass is 524 g/mol. The van der Waals surface area contributed by atoms with E-state index < -0.39 is 0 Å². The van der Waals surface area contributed by atoms with Gasteiger partial charge in [-0.2, -0.15) is 0 Å². The third-order valence-electron chi connectivity index (χ3n) is 7.21. The van der Waals surface area contributed by atoms with Crippen LogP contribution in [0.3, 0.4) is 0 Å². The van der Waals surface area contributed by atoms with E-state index in [1.54, 1.807) is 0 Å². The van der Waals surface area contributed by atoms with Crippen molar-refractivity contribution in [2.24, 2.45) is 0 Å². The van der Waals surface area contributed by atoms with Crippen LogP contribution in [0.5, 0.6) is 5.75 Å². The van der Waals surface area contributed by atoms with Crippen molar-refractivity contribution in [3.8, 4) is 5.75 Å². The van der Waals surface area contributed by atoms with Crippen LogP contribution in [-0.2, 0) is 22.5 Å². The fourth-order valence-electron chi connectivity index (χ4n) is 4.88. The van der Waals surface area contributed by atoms with Crippen LogP contribution in [0.15, 0.2) is 54.6 Å². The molecule has 0 aliphatic carbocycles. The third kappa shape index (κ3) is 15.2. The van der Waals surface area contributed by atoms with Gasteiger partial charge < -0.3 is 14.0 Å².